The van der Waals surface area contributed by atoms with Crippen LogP contribution < -0.4 is 5.48 Å². The molecule has 0 radical (unpaired) electrons. The Labute approximate surface area is 254 Å². The summed E-state index contributed by atoms with van der Waals surface area (Å²) in [5.41, 5.74) is 4.92. The van der Waals surface area contributed by atoms with Crippen LogP contribution in [0.15, 0.2) is 53.4 Å². The van der Waals surface area contributed by atoms with Crippen LogP contribution in [0.1, 0.15) is 83.1 Å². The molecule has 1 amide bonds. The maximum Gasteiger partial charge on any atom is 0.265 e. The van der Waals surface area contributed by atoms with Crippen molar-refractivity contribution < 1.29 is 36.3 Å². The van der Waals surface area contributed by atoms with Crippen molar-refractivity contribution in [1.82, 2.24) is 5.48 Å². The molecule has 10 heteroatoms. The Morgan fingerprint density at radius 1 is 1.00 bits per heavy atom. The lowest BCUT2D eigenvalue weighted by atomic mass is 9.79. The number of benzene rings is 2. The van der Waals surface area contributed by atoms with E-state index in [1.807, 2.05) is 24.3 Å². The van der Waals surface area contributed by atoms with Gasteiger partial charge >= 0.3 is 0 Å². The molecule has 0 spiro atoms. The van der Waals surface area contributed by atoms with Crippen molar-refractivity contribution >= 4 is 15.7 Å². The van der Waals surface area contributed by atoms with Gasteiger partial charge < -0.3 is 9.47 Å². The van der Waals surface area contributed by atoms with E-state index in [-0.39, 0.29) is 30.6 Å². The van der Waals surface area contributed by atoms with Crippen molar-refractivity contribution in [2.24, 2.45) is 5.92 Å². The number of sulfone groups is 1. The number of alkyl halides is 2. The van der Waals surface area contributed by atoms with Gasteiger partial charge in [-0.3, -0.25) is 4.79 Å². The molecule has 0 aromatic heterocycles. The van der Waals surface area contributed by atoms with E-state index in [0.29, 0.717) is 38.4 Å². The summed E-state index contributed by atoms with van der Waals surface area (Å²) in [7, 11) is -2.40. The number of aryl methyl sites for hydroxylation is 1. The van der Waals surface area contributed by atoms with Crippen LogP contribution in [0.3, 0.4) is 0 Å². The number of halogens is 2. The van der Waals surface area contributed by atoms with E-state index in [2.05, 4.69) is 5.48 Å². The van der Waals surface area contributed by atoms with E-state index in [0.717, 1.165) is 55.7 Å². The number of unbranched alkanes of at least 4 members (excludes halogenated alkanes) is 1. The molecule has 0 bridgehead atoms. The van der Waals surface area contributed by atoms with E-state index in [9.17, 15) is 22.0 Å². The monoisotopic (exact) mass is 621 g/mol. The maximum atomic E-state index is 14.2. The number of amides is 1. The van der Waals surface area contributed by atoms with Gasteiger partial charge in [0.05, 0.1) is 4.90 Å². The summed E-state index contributed by atoms with van der Waals surface area (Å²) in [6.45, 7) is 2.16. The highest BCUT2D eigenvalue weighted by molar-refractivity contribution is 7.93. The third kappa shape index (κ3) is 8.84. The second-order valence-electron chi connectivity index (χ2n) is 12.1. The fourth-order valence-electron chi connectivity index (χ4n) is 6.03. The molecule has 238 valence electrons. The second-order valence-corrected chi connectivity index (χ2v) is 14.3. The van der Waals surface area contributed by atoms with Crippen molar-refractivity contribution in [3.8, 4) is 11.1 Å². The number of hydroxylamine groups is 1. The molecule has 7 nitrogen and oxygen atoms in total. The van der Waals surface area contributed by atoms with Crippen molar-refractivity contribution in [3.63, 3.8) is 0 Å². The number of carbonyl (C=O) groups excluding carboxylic acids is 1. The molecule has 1 atom stereocenters. The lowest BCUT2D eigenvalue weighted by Gasteiger charge is -2.38. The summed E-state index contributed by atoms with van der Waals surface area (Å²) in [6, 6.07) is 13.9. The van der Waals surface area contributed by atoms with Gasteiger partial charge in [0.25, 0.3) is 5.91 Å². The van der Waals surface area contributed by atoms with E-state index >= 15 is 0 Å². The quantitative estimate of drug-likeness (QED) is 0.180. The third-order valence-corrected chi connectivity index (χ3v) is 11.3. The summed E-state index contributed by atoms with van der Waals surface area (Å²) in [6.07, 6.45) is 6.57. The lowest BCUT2D eigenvalue weighted by Crippen LogP contribution is -2.55. The number of hydrogen-bond donors (Lipinski definition) is 1. The van der Waals surface area contributed by atoms with E-state index < -0.39 is 32.7 Å². The first-order valence-corrected chi connectivity index (χ1v) is 16.9. The highest BCUT2D eigenvalue weighted by Gasteiger charge is 2.53. The first kappa shape index (κ1) is 33.5. The Morgan fingerprint density at radius 2 is 1.65 bits per heavy atom. The van der Waals surface area contributed by atoms with Gasteiger partial charge in [0.15, 0.2) is 20.9 Å². The van der Waals surface area contributed by atoms with E-state index in [1.54, 1.807) is 31.4 Å². The van der Waals surface area contributed by atoms with Gasteiger partial charge in [0.1, 0.15) is 0 Å². The summed E-state index contributed by atoms with van der Waals surface area (Å²) >= 11 is 0. The molecule has 2 aromatic carbocycles. The number of ether oxygens (including phenoxy) is 2. The molecule has 2 aliphatic rings. The molecule has 1 aliphatic carbocycles. The van der Waals surface area contributed by atoms with Crippen molar-refractivity contribution in [1.29, 1.82) is 0 Å². The van der Waals surface area contributed by atoms with Crippen molar-refractivity contribution in [3.05, 3.63) is 54.1 Å². The van der Waals surface area contributed by atoms with Crippen LogP contribution in [0.25, 0.3) is 11.1 Å². The highest BCUT2D eigenvalue weighted by atomic mass is 32.2. The number of carbonyl (C=O) groups is 1. The Morgan fingerprint density at radius 3 is 2.23 bits per heavy atom. The molecule has 43 heavy (non-hydrogen) atoms. The first-order valence-electron chi connectivity index (χ1n) is 15.4. The Bertz CT molecular complexity index is 1260. The topological polar surface area (TPSA) is 90.9 Å². The number of rotatable bonds is 14. The summed E-state index contributed by atoms with van der Waals surface area (Å²) in [5.74, 6) is -3.01. The largest absolute Gasteiger partial charge is 0.385 e. The van der Waals surface area contributed by atoms with Crippen LogP contribution >= 0.6 is 0 Å². The second kappa shape index (κ2) is 15.1. The fourth-order valence-corrected chi connectivity index (χ4v) is 8.03. The standard InChI is InChI=1S/C33H45F2NO6S/c1-32(34,35)20-17-26-9-11-27(12-10-26)28-13-15-29(16-14-28)43(38,39)33(31(37)36-42-30-8-4-6-24-41-30)21-18-25(19-22-33)7-3-5-23-40-2/h9-16,25,30H,3-8,17-24H2,1-2H3,(H,36,37). The average molecular weight is 622 g/mol. The third-order valence-electron chi connectivity index (χ3n) is 8.78. The number of nitrogens with one attached hydrogen (secondary N) is 1. The smallest absolute Gasteiger partial charge is 0.265 e. The van der Waals surface area contributed by atoms with Crippen LogP contribution in [0, 0.1) is 5.92 Å². The Hall–Kier alpha value is -2.40. The molecule has 2 aromatic rings. The van der Waals surface area contributed by atoms with Gasteiger partial charge in [-0.1, -0.05) is 49.2 Å². The van der Waals surface area contributed by atoms with Gasteiger partial charge in [0, 0.05) is 33.2 Å². The minimum absolute atomic E-state index is 0.0839. The number of hydrogen-bond acceptors (Lipinski definition) is 6. The number of methoxy groups -OCH3 is 1. The molecular formula is C33H45F2NO6S. The van der Waals surface area contributed by atoms with Gasteiger partial charge in [-0.25, -0.2) is 27.5 Å². The SMILES string of the molecule is COCCCCC1CCC(C(=O)NOC2CCCCO2)(S(=O)(=O)c2ccc(-c3ccc(CCC(C)(F)F)cc3)cc2)CC1. The highest BCUT2D eigenvalue weighted by Crippen LogP contribution is 2.43. The average Bonchev–Trinajstić information content (AvgIpc) is 3.01. The molecule has 1 saturated carbocycles. The van der Waals surface area contributed by atoms with Crippen LogP contribution in [0.5, 0.6) is 0 Å². The van der Waals surface area contributed by atoms with Gasteiger partial charge in [0.2, 0.25) is 5.92 Å². The zero-order valence-corrected chi connectivity index (χ0v) is 26.1. The first-order chi connectivity index (χ1) is 20.5. The van der Waals surface area contributed by atoms with Crippen molar-refractivity contribution in [2.45, 2.75) is 106 Å². The van der Waals surface area contributed by atoms with Gasteiger partial charge in [-0.05, 0) is 93.0 Å². The molecule has 1 aliphatic heterocycles. The van der Waals surface area contributed by atoms with Crippen LogP contribution in [-0.2, 0) is 35.4 Å². The summed E-state index contributed by atoms with van der Waals surface area (Å²) < 4.78 is 64.0. The predicted octanol–water partition coefficient (Wildman–Crippen LogP) is 7.04. The minimum Gasteiger partial charge on any atom is -0.385 e. The molecule has 1 unspecified atom stereocenters. The zero-order chi connectivity index (χ0) is 30.9. The van der Waals surface area contributed by atoms with Crippen LogP contribution in [0.2, 0.25) is 0 Å². The molecular weight excluding hydrogens is 576 g/mol. The fraction of sp³-hybridized carbons (Fsp3) is 0.606. The Balaban J connectivity index is 1.50. The molecule has 2 fully saturated rings. The summed E-state index contributed by atoms with van der Waals surface area (Å²) in [4.78, 5) is 19.3. The van der Waals surface area contributed by atoms with Crippen LogP contribution in [0.4, 0.5) is 8.78 Å². The molecule has 1 saturated heterocycles. The van der Waals surface area contributed by atoms with E-state index in [1.165, 1.54) is 0 Å². The minimum atomic E-state index is -4.08. The zero-order valence-electron chi connectivity index (χ0n) is 25.3. The van der Waals surface area contributed by atoms with E-state index in [4.69, 9.17) is 14.3 Å². The van der Waals surface area contributed by atoms with Gasteiger partial charge in [-0.15, -0.1) is 0 Å². The summed E-state index contributed by atoms with van der Waals surface area (Å²) in [5, 5.41) is 0. The van der Waals surface area contributed by atoms with Gasteiger partial charge in [-0.2, -0.15) is 0 Å². The van der Waals surface area contributed by atoms with Crippen LogP contribution in [-0.4, -0.2) is 51.6 Å². The lowest BCUT2D eigenvalue weighted by molar-refractivity contribution is -0.202. The molecule has 1 N–H and O–H groups in total. The molecule has 1 heterocycles. The maximum absolute atomic E-state index is 14.2. The molecule has 4 rings (SSSR count). The predicted molar refractivity (Wildman–Crippen MR) is 161 cm³/mol. The van der Waals surface area contributed by atoms with Crippen molar-refractivity contribution in [2.75, 3.05) is 20.3 Å². The normalized spacial score (nSPS) is 23.2. The Kier molecular flexibility index (Phi) is 11.7.